The lowest BCUT2D eigenvalue weighted by molar-refractivity contribution is -0.123. The number of rotatable bonds is 7. The van der Waals surface area contributed by atoms with Crippen molar-refractivity contribution in [1.82, 2.24) is 14.9 Å². The van der Waals surface area contributed by atoms with Crippen LogP contribution in [0.25, 0.3) is 0 Å². The van der Waals surface area contributed by atoms with Crippen LogP contribution in [0.15, 0.2) is 43.0 Å². The van der Waals surface area contributed by atoms with Crippen LogP contribution in [0.3, 0.4) is 0 Å². The molecule has 0 unspecified atom stereocenters. The molecular weight excluding hydrogens is 297 g/mol. The van der Waals surface area contributed by atoms with E-state index >= 15 is 0 Å². The first kappa shape index (κ1) is 17.0. The lowest BCUT2D eigenvalue weighted by Crippen LogP contribution is -3.00. The van der Waals surface area contributed by atoms with E-state index in [-0.39, 0.29) is 30.7 Å². The molecule has 0 radical (unpaired) electrons. The summed E-state index contributed by atoms with van der Waals surface area (Å²) in [5.41, 5.74) is 0. The van der Waals surface area contributed by atoms with Crippen molar-refractivity contribution < 1.29 is 26.3 Å². The summed E-state index contributed by atoms with van der Waals surface area (Å²) in [5.74, 6) is -0.0544. The highest BCUT2D eigenvalue weighted by atomic mass is 35.5. The topological polar surface area (TPSA) is 56.1 Å². The van der Waals surface area contributed by atoms with Crippen LogP contribution in [0.2, 0.25) is 0 Å². The molecule has 2 rings (SSSR count). The molecule has 1 aromatic heterocycles. The lowest BCUT2D eigenvalue weighted by atomic mass is 10.3. The maximum atomic E-state index is 12.7. The molecule has 0 bridgehead atoms. The van der Waals surface area contributed by atoms with Crippen LogP contribution in [0.1, 0.15) is 6.42 Å². The average molecular weight is 313 g/mol. The number of carbonyl (C=O) groups excluding carboxylic acids is 1. The molecule has 0 aliphatic heterocycles. The van der Waals surface area contributed by atoms with Gasteiger partial charge < -0.3 is 27.0 Å². The first-order chi connectivity index (χ1) is 9.74. The van der Waals surface area contributed by atoms with Gasteiger partial charge in [0.2, 0.25) is 0 Å². The number of halogens is 2. The Morgan fingerprint density at radius 1 is 1.33 bits per heavy atom. The Morgan fingerprint density at radius 3 is 2.76 bits per heavy atom. The fourth-order valence-corrected chi connectivity index (χ4v) is 1.64. The number of benzene rings is 1. The van der Waals surface area contributed by atoms with Crippen LogP contribution >= 0.6 is 0 Å². The Balaban J connectivity index is 0.00000220. The fourth-order valence-electron chi connectivity index (χ4n) is 1.64. The molecule has 1 heterocycles. The third-order valence-electron chi connectivity index (χ3n) is 2.66. The second-order valence-corrected chi connectivity index (χ2v) is 4.25. The van der Waals surface area contributed by atoms with E-state index in [1.54, 1.807) is 12.5 Å². The van der Waals surface area contributed by atoms with Gasteiger partial charge in [-0.15, -0.1) is 0 Å². The summed E-state index contributed by atoms with van der Waals surface area (Å²) < 4.78 is 19.8. The number of ether oxygens (including phenoxy) is 1. The minimum absolute atomic E-state index is 0. The van der Waals surface area contributed by atoms with Crippen molar-refractivity contribution in [1.29, 1.82) is 0 Å². The number of carbonyl (C=O) groups is 1. The highest BCUT2D eigenvalue weighted by Gasteiger charge is 2.02. The van der Waals surface area contributed by atoms with Gasteiger partial charge in [-0.1, -0.05) is 0 Å². The Hall–Kier alpha value is -2.08. The van der Waals surface area contributed by atoms with E-state index in [0.717, 1.165) is 13.0 Å². The van der Waals surface area contributed by atoms with E-state index in [4.69, 9.17) is 4.74 Å². The van der Waals surface area contributed by atoms with Crippen LogP contribution < -0.4 is 22.5 Å². The third kappa shape index (κ3) is 6.27. The van der Waals surface area contributed by atoms with Crippen molar-refractivity contribution in [3.63, 3.8) is 0 Å². The van der Waals surface area contributed by atoms with Crippen molar-refractivity contribution in [3.8, 4) is 5.75 Å². The van der Waals surface area contributed by atoms with E-state index < -0.39 is 0 Å². The molecule has 7 heteroatoms. The Kier molecular flexibility index (Phi) is 7.25. The lowest BCUT2D eigenvalue weighted by Gasteiger charge is -2.07. The molecule has 0 fully saturated rings. The highest BCUT2D eigenvalue weighted by molar-refractivity contribution is 5.77. The summed E-state index contributed by atoms with van der Waals surface area (Å²) in [6.45, 7) is 1.31. The Labute approximate surface area is 128 Å². The molecule has 21 heavy (non-hydrogen) atoms. The smallest absolute Gasteiger partial charge is 0.257 e. The molecule has 0 saturated heterocycles. The minimum atomic E-state index is -0.332. The number of hydrogen-bond donors (Lipinski definition) is 1. The molecule has 0 spiro atoms. The molecule has 2 aromatic rings. The predicted octanol–water partition coefficient (Wildman–Crippen LogP) is -1.39. The first-order valence-corrected chi connectivity index (χ1v) is 6.35. The van der Waals surface area contributed by atoms with E-state index in [2.05, 4.69) is 10.3 Å². The van der Waals surface area contributed by atoms with Crippen molar-refractivity contribution in [2.45, 2.75) is 13.0 Å². The Bertz CT molecular complexity index is 532. The van der Waals surface area contributed by atoms with Gasteiger partial charge in [-0.2, -0.15) is 0 Å². The van der Waals surface area contributed by atoms with E-state index in [0.29, 0.717) is 12.3 Å². The zero-order chi connectivity index (χ0) is 14.2. The average Bonchev–Trinajstić information content (AvgIpc) is 2.96. The van der Waals surface area contributed by atoms with Crippen LogP contribution in [0, 0.1) is 5.82 Å². The van der Waals surface area contributed by atoms with Crippen molar-refractivity contribution in [3.05, 3.63) is 48.8 Å². The molecule has 1 aromatic carbocycles. The number of aryl methyl sites for hydroxylation is 1. The minimum Gasteiger partial charge on any atom is -1.00 e. The van der Waals surface area contributed by atoms with Crippen LogP contribution in [-0.2, 0) is 11.3 Å². The summed E-state index contributed by atoms with van der Waals surface area (Å²) in [6.07, 6.45) is 6.15. The monoisotopic (exact) mass is 312 g/mol. The van der Waals surface area contributed by atoms with Crippen LogP contribution in [-0.4, -0.2) is 28.6 Å². The quantitative estimate of drug-likeness (QED) is 0.641. The molecule has 0 saturated carbocycles. The van der Waals surface area contributed by atoms with Gasteiger partial charge in [0.25, 0.3) is 5.91 Å². The largest absolute Gasteiger partial charge is 1.00 e. The van der Waals surface area contributed by atoms with Gasteiger partial charge in [-0.3, -0.25) is 4.79 Å². The van der Waals surface area contributed by atoms with Gasteiger partial charge in [0.15, 0.2) is 6.61 Å². The van der Waals surface area contributed by atoms with E-state index in [9.17, 15) is 9.18 Å². The predicted molar refractivity (Wildman–Crippen MR) is 71.7 cm³/mol. The second kappa shape index (κ2) is 8.97. The van der Waals surface area contributed by atoms with Crippen molar-refractivity contribution >= 4 is 5.91 Å². The van der Waals surface area contributed by atoms with Crippen molar-refractivity contribution in [2.24, 2.45) is 0 Å². The van der Waals surface area contributed by atoms with E-state index in [1.807, 2.05) is 10.8 Å². The summed E-state index contributed by atoms with van der Waals surface area (Å²) in [7, 11) is 0. The Morgan fingerprint density at radius 2 is 2.10 bits per heavy atom. The zero-order valence-corrected chi connectivity index (χ0v) is 12.1. The molecule has 1 N–H and O–H groups in total. The molecule has 0 aliphatic rings. The number of imidazole rings is 1. The van der Waals surface area contributed by atoms with Gasteiger partial charge in [0.1, 0.15) is 11.6 Å². The summed E-state index contributed by atoms with van der Waals surface area (Å²) in [4.78, 5) is 15.4. The number of amides is 1. The molecule has 0 aliphatic carbocycles. The molecule has 5 nitrogen and oxygen atoms in total. The first-order valence-electron chi connectivity index (χ1n) is 6.35. The number of nitrogens with one attached hydrogen (secondary N) is 1. The van der Waals surface area contributed by atoms with Gasteiger partial charge in [0.05, 0.1) is 6.33 Å². The van der Waals surface area contributed by atoms with Gasteiger partial charge in [-0.05, 0) is 30.7 Å². The number of aromatic nitrogens is 2. The van der Waals surface area contributed by atoms with Crippen LogP contribution in [0.5, 0.6) is 5.75 Å². The summed E-state index contributed by atoms with van der Waals surface area (Å²) in [6, 6.07) is 5.56. The molecule has 0 atom stereocenters. The van der Waals surface area contributed by atoms with Crippen LogP contribution in [0.4, 0.5) is 4.39 Å². The van der Waals surface area contributed by atoms with Gasteiger partial charge in [-0.25, -0.2) is 9.37 Å². The number of hydrogen-bond acceptors (Lipinski definition) is 3. The molecular formula is C14H16ClFN3O2-. The summed E-state index contributed by atoms with van der Waals surface area (Å²) in [5, 5.41) is 2.75. The van der Waals surface area contributed by atoms with Gasteiger partial charge in [0, 0.05) is 25.5 Å². The SMILES string of the molecule is O=C(COc1ccc(F)cc1)NCCCn1ccnc1.[Cl-]. The maximum absolute atomic E-state index is 12.7. The second-order valence-electron chi connectivity index (χ2n) is 4.25. The standard InChI is InChI=1S/C14H16FN3O2.ClH/c15-12-2-4-13(5-3-12)20-10-14(19)17-6-1-8-18-9-7-16-11-18;/h2-5,7,9,11H,1,6,8,10H2,(H,17,19);1H/p-1. The molecule has 1 amide bonds. The fraction of sp³-hybridized carbons (Fsp3) is 0.286. The molecule has 114 valence electrons. The highest BCUT2D eigenvalue weighted by Crippen LogP contribution is 2.10. The van der Waals surface area contributed by atoms with Gasteiger partial charge >= 0.3 is 0 Å². The summed E-state index contributed by atoms with van der Waals surface area (Å²) >= 11 is 0. The van der Waals surface area contributed by atoms with Crippen molar-refractivity contribution in [2.75, 3.05) is 13.2 Å². The third-order valence-corrected chi connectivity index (χ3v) is 2.66. The normalized spacial score (nSPS) is 9.76. The maximum Gasteiger partial charge on any atom is 0.257 e. The van der Waals surface area contributed by atoms with E-state index in [1.165, 1.54) is 24.3 Å². The number of nitrogens with zero attached hydrogens (tertiary/aromatic N) is 2. The zero-order valence-electron chi connectivity index (χ0n) is 11.3.